The van der Waals surface area contributed by atoms with Crippen LogP contribution in [0.3, 0.4) is 0 Å². The van der Waals surface area contributed by atoms with Gasteiger partial charge in [0.2, 0.25) is 5.91 Å². The van der Waals surface area contributed by atoms with Gasteiger partial charge in [-0.2, -0.15) is 0 Å². The first-order valence-corrected chi connectivity index (χ1v) is 7.79. The molecule has 102 valence electrons. The van der Waals surface area contributed by atoms with Gasteiger partial charge in [0.15, 0.2) is 0 Å². The summed E-state index contributed by atoms with van der Waals surface area (Å²) in [4.78, 5) is 12.2. The van der Waals surface area contributed by atoms with E-state index in [1.165, 1.54) is 24.8 Å². The second-order valence-corrected chi connectivity index (χ2v) is 6.14. The van der Waals surface area contributed by atoms with Crippen LogP contribution in [0.1, 0.15) is 31.2 Å². The van der Waals surface area contributed by atoms with Crippen molar-refractivity contribution in [1.82, 2.24) is 0 Å². The molecule has 2 atom stereocenters. The predicted octanol–water partition coefficient (Wildman–Crippen LogP) is 3.84. The summed E-state index contributed by atoms with van der Waals surface area (Å²) in [6.07, 6.45) is 5.76. The average molecular weight is 278 g/mol. The molecule has 3 rings (SSSR count). The fraction of sp³-hybridized carbons (Fsp3) is 0.562. The van der Waals surface area contributed by atoms with Crippen molar-refractivity contribution in [2.45, 2.75) is 32.1 Å². The van der Waals surface area contributed by atoms with Gasteiger partial charge in [-0.15, -0.1) is 11.6 Å². The standard InChI is InChI=1S/C16H20ClNO/c17-9-3-5-11-4-1-6-12(10-11)18-16(19)15-13-7-2-8-14(13)15/h1,4,6,10,13-15H,2-3,5,7-9H2,(H,18,19). The fourth-order valence-corrected chi connectivity index (χ4v) is 3.65. The molecule has 1 N–H and O–H groups in total. The second-order valence-electron chi connectivity index (χ2n) is 5.77. The number of hydrogen-bond acceptors (Lipinski definition) is 1. The van der Waals surface area contributed by atoms with E-state index in [2.05, 4.69) is 17.4 Å². The number of nitrogens with one attached hydrogen (secondary N) is 1. The van der Waals surface area contributed by atoms with E-state index in [0.29, 0.717) is 23.6 Å². The largest absolute Gasteiger partial charge is 0.326 e. The minimum atomic E-state index is 0.226. The molecule has 1 aromatic carbocycles. The van der Waals surface area contributed by atoms with Gasteiger partial charge in [-0.25, -0.2) is 0 Å². The Hall–Kier alpha value is -1.02. The van der Waals surface area contributed by atoms with E-state index in [4.69, 9.17) is 11.6 Å². The Bertz CT molecular complexity index is 464. The summed E-state index contributed by atoms with van der Waals surface area (Å²) in [5, 5.41) is 3.08. The maximum Gasteiger partial charge on any atom is 0.228 e. The zero-order chi connectivity index (χ0) is 13.2. The lowest BCUT2D eigenvalue weighted by Crippen LogP contribution is -2.16. The summed E-state index contributed by atoms with van der Waals surface area (Å²) in [5.41, 5.74) is 2.18. The summed E-state index contributed by atoms with van der Waals surface area (Å²) in [7, 11) is 0. The lowest BCUT2D eigenvalue weighted by Gasteiger charge is -2.08. The molecule has 19 heavy (non-hydrogen) atoms. The van der Waals surface area contributed by atoms with Crippen molar-refractivity contribution in [3.05, 3.63) is 29.8 Å². The Morgan fingerprint density at radius 3 is 2.84 bits per heavy atom. The Morgan fingerprint density at radius 1 is 1.32 bits per heavy atom. The molecular weight excluding hydrogens is 258 g/mol. The maximum atomic E-state index is 12.2. The van der Waals surface area contributed by atoms with Gasteiger partial charge >= 0.3 is 0 Å². The van der Waals surface area contributed by atoms with E-state index in [1.807, 2.05) is 12.1 Å². The first-order chi connectivity index (χ1) is 9.29. The molecule has 0 heterocycles. The number of anilines is 1. The van der Waals surface area contributed by atoms with Crippen LogP contribution in [0.2, 0.25) is 0 Å². The van der Waals surface area contributed by atoms with Gasteiger partial charge in [0.1, 0.15) is 0 Å². The minimum absolute atomic E-state index is 0.226. The van der Waals surface area contributed by atoms with Gasteiger partial charge in [-0.1, -0.05) is 18.6 Å². The number of alkyl halides is 1. The molecule has 3 heteroatoms. The van der Waals surface area contributed by atoms with Crippen molar-refractivity contribution in [2.24, 2.45) is 17.8 Å². The van der Waals surface area contributed by atoms with Crippen LogP contribution in [0.25, 0.3) is 0 Å². The Balaban J connectivity index is 1.58. The highest BCUT2D eigenvalue weighted by molar-refractivity contribution is 6.17. The number of carbonyl (C=O) groups is 1. The molecule has 2 nitrogen and oxygen atoms in total. The lowest BCUT2D eigenvalue weighted by molar-refractivity contribution is -0.118. The summed E-state index contributed by atoms with van der Waals surface area (Å²) in [6, 6.07) is 8.14. The maximum absolute atomic E-state index is 12.2. The smallest absolute Gasteiger partial charge is 0.228 e. The van der Waals surface area contributed by atoms with Gasteiger partial charge in [0, 0.05) is 17.5 Å². The van der Waals surface area contributed by atoms with E-state index in [0.717, 1.165) is 18.5 Å². The molecule has 0 spiro atoms. The zero-order valence-corrected chi connectivity index (χ0v) is 11.8. The summed E-state index contributed by atoms with van der Waals surface area (Å²) in [5.74, 6) is 2.56. The van der Waals surface area contributed by atoms with E-state index >= 15 is 0 Å². The number of hydrogen-bond donors (Lipinski definition) is 1. The molecule has 0 aliphatic heterocycles. The predicted molar refractivity (Wildman–Crippen MR) is 78.4 cm³/mol. The van der Waals surface area contributed by atoms with Crippen LogP contribution in [-0.2, 0) is 11.2 Å². The first-order valence-electron chi connectivity index (χ1n) is 7.25. The molecule has 0 radical (unpaired) electrons. The third-order valence-corrected chi connectivity index (χ3v) is 4.77. The number of amides is 1. The van der Waals surface area contributed by atoms with Crippen LogP contribution in [-0.4, -0.2) is 11.8 Å². The summed E-state index contributed by atoms with van der Waals surface area (Å²) < 4.78 is 0. The van der Waals surface area contributed by atoms with Crippen molar-refractivity contribution >= 4 is 23.2 Å². The summed E-state index contributed by atoms with van der Waals surface area (Å²) >= 11 is 5.71. The van der Waals surface area contributed by atoms with Crippen LogP contribution in [0.4, 0.5) is 5.69 Å². The molecule has 0 saturated heterocycles. The van der Waals surface area contributed by atoms with Crippen LogP contribution in [0.15, 0.2) is 24.3 Å². The van der Waals surface area contributed by atoms with Crippen LogP contribution >= 0.6 is 11.6 Å². The molecule has 2 aliphatic rings. The Kier molecular flexibility index (Phi) is 3.79. The molecule has 2 saturated carbocycles. The normalized spacial score (nSPS) is 27.9. The second kappa shape index (κ2) is 5.54. The van der Waals surface area contributed by atoms with Gasteiger partial charge in [0.05, 0.1) is 0 Å². The number of aryl methyl sites for hydroxylation is 1. The summed E-state index contributed by atoms with van der Waals surface area (Å²) in [6.45, 7) is 0. The van der Waals surface area contributed by atoms with Gasteiger partial charge in [0.25, 0.3) is 0 Å². The number of fused-ring (bicyclic) bond motifs is 1. The Labute approximate surface area is 119 Å². The molecule has 0 aromatic heterocycles. The van der Waals surface area contributed by atoms with Crippen LogP contribution in [0.5, 0.6) is 0 Å². The highest BCUT2D eigenvalue weighted by Gasteiger charge is 2.56. The minimum Gasteiger partial charge on any atom is -0.326 e. The van der Waals surface area contributed by atoms with E-state index in [-0.39, 0.29) is 5.91 Å². The van der Waals surface area contributed by atoms with Crippen molar-refractivity contribution in [3.63, 3.8) is 0 Å². The molecule has 1 aromatic rings. The number of rotatable bonds is 5. The van der Waals surface area contributed by atoms with E-state index < -0.39 is 0 Å². The van der Waals surface area contributed by atoms with E-state index in [9.17, 15) is 4.79 Å². The molecular formula is C16H20ClNO. The first kappa shape index (κ1) is 13.0. The zero-order valence-electron chi connectivity index (χ0n) is 11.1. The van der Waals surface area contributed by atoms with Crippen molar-refractivity contribution in [1.29, 1.82) is 0 Å². The molecule has 2 aliphatic carbocycles. The highest BCUT2D eigenvalue weighted by atomic mass is 35.5. The molecule has 2 unspecified atom stereocenters. The highest BCUT2D eigenvalue weighted by Crippen LogP contribution is 2.57. The molecule has 0 bridgehead atoms. The lowest BCUT2D eigenvalue weighted by atomic mass is 10.1. The van der Waals surface area contributed by atoms with Gasteiger partial charge in [-0.05, 0) is 55.2 Å². The van der Waals surface area contributed by atoms with Crippen molar-refractivity contribution in [2.75, 3.05) is 11.2 Å². The van der Waals surface area contributed by atoms with Crippen LogP contribution < -0.4 is 5.32 Å². The van der Waals surface area contributed by atoms with Crippen molar-refractivity contribution < 1.29 is 4.79 Å². The van der Waals surface area contributed by atoms with Gasteiger partial charge in [-0.3, -0.25) is 4.79 Å². The van der Waals surface area contributed by atoms with E-state index in [1.54, 1.807) is 0 Å². The van der Waals surface area contributed by atoms with Crippen LogP contribution in [0, 0.1) is 17.8 Å². The quantitative estimate of drug-likeness (QED) is 0.814. The molecule has 1 amide bonds. The fourth-order valence-electron chi connectivity index (χ4n) is 3.51. The number of benzene rings is 1. The number of carbonyl (C=O) groups excluding carboxylic acids is 1. The molecule has 2 fully saturated rings. The van der Waals surface area contributed by atoms with Crippen molar-refractivity contribution in [3.8, 4) is 0 Å². The monoisotopic (exact) mass is 277 g/mol. The Morgan fingerprint density at radius 2 is 2.11 bits per heavy atom. The third kappa shape index (κ3) is 2.79. The van der Waals surface area contributed by atoms with Gasteiger partial charge < -0.3 is 5.32 Å². The topological polar surface area (TPSA) is 29.1 Å². The average Bonchev–Trinajstić information content (AvgIpc) is 2.91. The third-order valence-electron chi connectivity index (χ3n) is 4.50. The number of halogens is 1. The SMILES string of the molecule is O=C(Nc1cccc(CCCCl)c1)C1C2CCCC21.